The Labute approximate surface area is 134 Å². The first-order chi connectivity index (χ1) is 9.86. The molecule has 1 aliphatic heterocycles. The Bertz CT molecular complexity index is 411. The Morgan fingerprint density at radius 3 is 2.57 bits per heavy atom. The molecule has 0 unspecified atom stereocenters. The highest BCUT2D eigenvalue weighted by atomic mass is 35.5. The van der Waals surface area contributed by atoms with E-state index in [4.69, 9.17) is 10.5 Å². The molecule has 0 radical (unpaired) electrons. The van der Waals surface area contributed by atoms with Crippen LogP contribution in [0.25, 0.3) is 0 Å². The van der Waals surface area contributed by atoms with Crippen molar-refractivity contribution in [3.63, 3.8) is 0 Å². The first-order valence-electron chi connectivity index (χ1n) is 7.92. The Hall–Kier alpha value is -0.610. The van der Waals surface area contributed by atoms with Crippen molar-refractivity contribution < 1.29 is 4.74 Å². The molecule has 1 aromatic carbocycles. The standard InChI is InChI=1S/C17H26N2O.ClH/c18-10-16-11-19(8-9-20-13-14-6-7-14)12-17(16)15-4-2-1-3-5-15;/h1-5,14,16-17H,6-13,18H2;1H/t16-,17+;/m1./s1. The number of nitrogens with two attached hydrogens (primary N) is 1. The Morgan fingerprint density at radius 2 is 1.90 bits per heavy atom. The highest BCUT2D eigenvalue weighted by Gasteiger charge is 2.32. The molecule has 1 saturated heterocycles. The van der Waals surface area contributed by atoms with Crippen LogP contribution in [0, 0.1) is 11.8 Å². The molecule has 4 heteroatoms. The van der Waals surface area contributed by atoms with Gasteiger partial charge in [-0.25, -0.2) is 0 Å². The third-order valence-corrected chi connectivity index (χ3v) is 4.65. The van der Waals surface area contributed by atoms with Crippen molar-refractivity contribution in [3.05, 3.63) is 35.9 Å². The van der Waals surface area contributed by atoms with Crippen LogP contribution < -0.4 is 5.73 Å². The van der Waals surface area contributed by atoms with Gasteiger partial charge in [-0.3, -0.25) is 0 Å². The third kappa shape index (κ3) is 4.68. The van der Waals surface area contributed by atoms with Gasteiger partial charge in [-0.05, 0) is 36.8 Å². The summed E-state index contributed by atoms with van der Waals surface area (Å²) in [6.45, 7) is 5.90. The highest BCUT2D eigenvalue weighted by Crippen LogP contribution is 2.32. The van der Waals surface area contributed by atoms with Crippen molar-refractivity contribution in [1.29, 1.82) is 0 Å². The molecule has 0 spiro atoms. The van der Waals surface area contributed by atoms with Gasteiger partial charge < -0.3 is 15.4 Å². The predicted molar refractivity (Wildman–Crippen MR) is 89.0 cm³/mol. The van der Waals surface area contributed by atoms with Crippen LogP contribution in [0.15, 0.2) is 30.3 Å². The lowest BCUT2D eigenvalue weighted by molar-refractivity contribution is 0.102. The van der Waals surface area contributed by atoms with Gasteiger partial charge in [0.05, 0.1) is 6.61 Å². The van der Waals surface area contributed by atoms with Gasteiger partial charge in [0, 0.05) is 32.2 Å². The minimum absolute atomic E-state index is 0. The molecular formula is C17H27ClN2O. The maximum absolute atomic E-state index is 5.97. The highest BCUT2D eigenvalue weighted by molar-refractivity contribution is 5.85. The van der Waals surface area contributed by atoms with Gasteiger partial charge in [0.25, 0.3) is 0 Å². The molecule has 2 atom stereocenters. The molecule has 2 fully saturated rings. The van der Waals surface area contributed by atoms with Gasteiger partial charge in [0.1, 0.15) is 0 Å². The van der Waals surface area contributed by atoms with Crippen molar-refractivity contribution in [2.24, 2.45) is 17.6 Å². The first-order valence-corrected chi connectivity index (χ1v) is 7.92. The molecule has 0 aromatic heterocycles. The van der Waals surface area contributed by atoms with Crippen LogP contribution in [0.4, 0.5) is 0 Å². The number of hydrogen-bond acceptors (Lipinski definition) is 3. The molecule has 3 nitrogen and oxygen atoms in total. The summed E-state index contributed by atoms with van der Waals surface area (Å²) >= 11 is 0. The zero-order valence-corrected chi connectivity index (χ0v) is 13.4. The van der Waals surface area contributed by atoms with Crippen molar-refractivity contribution in [2.45, 2.75) is 18.8 Å². The second-order valence-corrected chi connectivity index (χ2v) is 6.29. The molecule has 0 bridgehead atoms. The van der Waals surface area contributed by atoms with Crippen molar-refractivity contribution in [1.82, 2.24) is 4.90 Å². The van der Waals surface area contributed by atoms with E-state index in [-0.39, 0.29) is 12.4 Å². The molecule has 1 heterocycles. The SMILES string of the molecule is Cl.NC[C@@H]1CN(CCOCC2CC2)C[C@H]1c1ccccc1. The van der Waals surface area contributed by atoms with E-state index in [9.17, 15) is 0 Å². The maximum Gasteiger partial charge on any atom is 0.0593 e. The van der Waals surface area contributed by atoms with E-state index in [1.54, 1.807) is 0 Å². The first kappa shape index (κ1) is 16.8. The minimum Gasteiger partial charge on any atom is -0.380 e. The Morgan fingerprint density at radius 1 is 1.14 bits per heavy atom. The summed E-state index contributed by atoms with van der Waals surface area (Å²) in [6.07, 6.45) is 2.74. The summed E-state index contributed by atoms with van der Waals surface area (Å²) in [5.41, 5.74) is 7.40. The largest absolute Gasteiger partial charge is 0.380 e. The van der Waals surface area contributed by atoms with Gasteiger partial charge >= 0.3 is 0 Å². The molecule has 1 aliphatic carbocycles. The van der Waals surface area contributed by atoms with Crippen LogP contribution in [0.5, 0.6) is 0 Å². The van der Waals surface area contributed by atoms with E-state index in [1.165, 1.54) is 18.4 Å². The summed E-state index contributed by atoms with van der Waals surface area (Å²) in [4.78, 5) is 2.52. The lowest BCUT2D eigenvalue weighted by Crippen LogP contribution is -2.27. The zero-order valence-electron chi connectivity index (χ0n) is 12.6. The number of rotatable bonds is 7. The van der Waals surface area contributed by atoms with Crippen LogP contribution in [0.3, 0.4) is 0 Å². The lowest BCUT2D eigenvalue weighted by Gasteiger charge is -2.16. The molecule has 2 N–H and O–H groups in total. The summed E-state index contributed by atoms with van der Waals surface area (Å²) in [5, 5.41) is 0. The minimum atomic E-state index is 0. The van der Waals surface area contributed by atoms with Gasteiger partial charge in [-0.1, -0.05) is 30.3 Å². The van der Waals surface area contributed by atoms with E-state index in [0.717, 1.165) is 45.3 Å². The predicted octanol–water partition coefficient (Wildman–Crippen LogP) is 2.51. The van der Waals surface area contributed by atoms with E-state index < -0.39 is 0 Å². The van der Waals surface area contributed by atoms with Crippen LogP contribution in [-0.4, -0.2) is 44.3 Å². The molecule has 0 amide bonds. The topological polar surface area (TPSA) is 38.5 Å². The molecular weight excluding hydrogens is 284 g/mol. The second-order valence-electron chi connectivity index (χ2n) is 6.29. The van der Waals surface area contributed by atoms with Gasteiger partial charge in [-0.2, -0.15) is 0 Å². The number of likely N-dealkylation sites (tertiary alicyclic amines) is 1. The van der Waals surface area contributed by atoms with Crippen LogP contribution in [0.1, 0.15) is 24.3 Å². The molecule has 1 saturated carbocycles. The van der Waals surface area contributed by atoms with Gasteiger partial charge in [0.15, 0.2) is 0 Å². The van der Waals surface area contributed by atoms with Crippen molar-refractivity contribution in [3.8, 4) is 0 Å². The van der Waals surface area contributed by atoms with Gasteiger partial charge in [-0.15, -0.1) is 12.4 Å². The second kappa shape index (κ2) is 8.14. The number of halogens is 1. The van der Waals surface area contributed by atoms with E-state index >= 15 is 0 Å². The fourth-order valence-electron chi connectivity index (χ4n) is 3.19. The molecule has 3 rings (SSSR count). The summed E-state index contributed by atoms with van der Waals surface area (Å²) in [5.74, 6) is 2.04. The summed E-state index contributed by atoms with van der Waals surface area (Å²) in [6, 6.07) is 10.8. The van der Waals surface area contributed by atoms with Crippen molar-refractivity contribution >= 4 is 12.4 Å². The maximum atomic E-state index is 5.97. The molecule has 118 valence electrons. The number of nitrogens with zero attached hydrogens (tertiary/aromatic N) is 1. The monoisotopic (exact) mass is 310 g/mol. The average Bonchev–Trinajstić information content (AvgIpc) is 3.23. The molecule has 1 aromatic rings. The van der Waals surface area contributed by atoms with Crippen LogP contribution in [-0.2, 0) is 4.74 Å². The summed E-state index contributed by atoms with van der Waals surface area (Å²) < 4.78 is 5.76. The average molecular weight is 311 g/mol. The number of benzene rings is 1. The van der Waals surface area contributed by atoms with Crippen molar-refractivity contribution in [2.75, 3.05) is 39.4 Å². The number of ether oxygens (including phenoxy) is 1. The third-order valence-electron chi connectivity index (χ3n) is 4.65. The van der Waals surface area contributed by atoms with Crippen LogP contribution in [0.2, 0.25) is 0 Å². The van der Waals surface area contributed by atoms with E-state index in [0.29, 0.717) is 11.8 Å². The normalized spacial score (nSPS) is 25.8. The quantitative estimate of drug-likeness (QED) is 0.787. The zero-order chi connectivity index (χ0) is 13.8. The van der Waals surface area contributed by atoms with E-state index in [1.807, 2.05) is 0 Å². The smallest absolute Gasteiger partial charge is 0.0593 e. The van der Waals surface area contributed by atoms with Crippen LogP contribution >= 0.6 is 12.4 Å². The Kier molecular flexibility index (Phi) is 6.49. The summed E-state index contributed by atoms with van der Waals surface area (Å²) in [7, 11) is 0. The van der Waals surface area contributed by atoms with E-state index in [2.05, 4.69) is 35.2 Å². The molecule has 2 aliphatic rings. The number of hydrogen-bond donors (Lipinski definition) is 1. The Balaban J connectivity index is 0.00000161. The molecule has 21 heavy (non-hydrogen) atoms. The fourth-order valence-corrected chi connectivity index (χ4v) is 3.19. The lowest BCUT2D eigenvalue weighted by atomic mass is 9.89. The fraction of sp³-hybridized carbons (Fsp3) is 0.647. The van der Waals surface area contributed by atoms with Gasteiger partial charge in [0.2, 0.25) is 0 Å².